The zero-order chi connectivity index (χ0) is 16.4. The Balaban J connectivity index is 1.69. The molecule has 0 saturated carbocycles. The number of hydrogen-bond donors (Lipinski definition) is 0. The Hall–Kier alpha value is -1.71. The number of anilines is 1. The third-order valence-electron chi connectivity index (χ3n) is 4.10. The summed E-state index contributed by atoms with van der Waals surface area (Å²) in [5, 5.41) is 1.13. The lowest BCUT2D eigenvalue weighted by atomic mass is 10.1. The second-order valence-corrected chi connectivity index (χ2v) is 6.51. The van der Waals surface area contributed by atoms with Gasteiger partial charge in [-0.2, -0.15) is 0 Å². The molecule has 1 aliphatic rings. The summed E-state index contributed by atoms with van der Waals surface area (Å²) >= 11 is 12.4. The molecule has 3 nitrogen and oxygen atoms in total. The van der Waals surface area contributed by atoms with Gasteiger partial charge in [-0.1, -0.05) is 47.0 Å². The topological polar surface area (TPSA) is 23.6 Å². The van der Waals surface area contributed by atoms with Gasteiger partial charge in [0.2, 0.25) is 0 Å². The average molecular weight is 349 g/mol. The number of rotatable bonds is 2. The Kier molecular flexibility index (Phi) is 4.79. The molecule has 5 heteroatoms. The molecule has 0 atom stereocenters. The van der Waals surface area contributed by atoms with E-state index in [1.807, 2.05) is 48.2 Å². The third kappa shape index (κ3) is 3.46. The van der Waals surface area contributed by atoms with Gasteiger partial charge in [0.1, 0.15) is 0 Å². The van der Waals surface area contributed by atoms with E-state index >= 15 is 0 Å². The number of carbonyl (C=O) groups is 1. The summed E-state index contributed by atoms with van der Waals surface area (Å²) in [5.74, 6) is 0.0885. The minimum Gasteiger partial charge on any atom is -0.367 e. The summed E-state index contributed by atoms with van der Waals surface area (Å²) in [7, 11) is 0. The summed E-state index contributed by atoms with van der Waals surface area (Å²) in [5.41, 5.74) is 2.78. The zero-order valence-corrected chi connectivity index (χ0v) is 14.4. The highest BCUT2D eigenvalue weighted by Gasteiger charge is 2.23. The molecule has 0 unspecified atom stereocenters. The molecule has 1 aliphatic heterocycles. The number of aryl methyl sites for hydroxylation is 1. The van der Waals surface area contributed by atoms with Crippen LogP contribution in [0.3, 0.4) is 0 Å². The van der Waals surface area contributed by atoms with Crippen LogP contribution in [0.15, 0.2) is 42.5 Å². The van der Waals surface area contributed by atoms with E-state index in [4.69, 9.17) is 23.2 Å². The highest BCUT2D eigenvalue weighted by molar-refractivity contribution is 6.43. The lowest BCUT2D eigenvalue weighted by Crippen LogP contribution is -2.48. The first-order valence-corrected chi connectivity index (χ1v) is 8.37. The fourth-order valence-corrected chi connectivity index (χ4v) is 3.26. The molecule has 0 bridgehead atoms. The Morgan fingerprint density at radius 3 is 2.39 bits per heavy atom. The van der Waals surface area contributed by atoms with Crippen molar-refractivity contribution in [1.82, 2.24) is 4.90 Å². The highest BCUT2D eigenvalue weighted by Crippen LogP contribution is 2.32. The molecule has 0 spiro atoms. The maximum Gasteiger partial charge on any atom is 0.253 e. The quantitative estimate of drug-likeness (QED) is 0.809. The molecular weight excluding hydrogens is 331 g/mol. The van der Waals surface area contributed by atoms with Crippen molar-refractivity contribution in [2.75, 3.05) is 31.1 Å². The van der Waals surface area contributed by atoms with Crippen LogP contribution in [0, 0.1) is 6.92 Å². The molecule has 0 radical (unpaired) electrons. The second kappa shape index (κ2) is 6.81. The first kappa shape index (κ1) is 16.2. The van der Waals surface area contributed by atoms with Crippen molar-refractivity contribution in [3.63, 3.8) is 0 Å². The molecule has 1 heterocycles. The fraction of sp³-hybridized carbons (Fsp3) is 0.278. The van der Waals surface area contributed by atoms with Gasteiger partial charge in [0.05, 0.1) is 15.7 Å². The van der Waals surface area contributed by atoms with Crippen LogP contribution in [0.2, 0.25) is 10.0 Å². The number of halogens is 2. The molecule has 0 aromatic heterocycles. The molecule has 0 aliphatic carbocycles. The van der Waals surface area contributed by atoms with E-state index in [1.54, 1.807) is 6.07 Å². The summed E-state index contributed by atoms with van der Waals surface area (Å²) in [6, 6.07) is 13.4. The second-order valence-electron chi connectivity index (χ2n) is 5.72. The molecule has 1 saturated heterocycles. The molecule has 1 fully saturated rings. The van der Waals surface area contributed by atoms with Crippen LogP contribution in [0.25, 0.3) is 0 Å². The molecule has 120 valence electrons. The van der Waals surface area contributed by atoms with E-state index in [9.17, 15) is 4.79 Å². The first-order chi connectivity index (χ1) is 11.1. The van der Waals surface area contributed by atoms with Crippen LogP contribution in [0.1, 0.15) is 15.9 Å². The summed E-state index contributed by atoms with van der Waals surface area (Å²) in [6.45, 7) is 4.84. The normalized spacial score (nSPS) is 14.9. The number of piperazine rings is 1. The fourth-order valence-electron chi connectivity index (χ4n) is 2.85. The van der Waals surface area contributed by atoms with E-state index in [0.717, 1.165) is 29.9 Å². The van der Waals surface area contributed by atoms with E-state index in [2.05, 4.69) is 4.90 Å². The average Bonchev–Trinajstić information content (AvgIpc) is 2.57. The van der Waals surface area contributed by atoms with Crippen molar-refractivity contribution in [3.05, 3.63) is 63.6 Å². The minimum absolute atomic E-state index is 0.0885. The van der Waals surface area contributed by atoms with Crippen molar-refractivity contribution in [1.29, 1.82) is 0 Å². The zero-order valence-electron chi connectivity index (χ0n) is 12.9. The van der Waals surface area contributed by atoms with Gasteiger partial charge in [0.25, 0.3) is 5.91 Å². The van der Waals surface area contributed by atoms with E-state index in [1.165, 1.54) is 0 Å². The summed E-state index contributed by atoms with van der Waals surface area (Å²) in [6.07, 6.45) is 0. The number of amides is 1. The summed E-state index contributed by atoms with van der Waals surface area (Å²) in [4.78, 5) is 16.6. The Labute approximate surface area is 146 Å². The van der Waals surface area contributed by atoms with Gasteiger partial charge < -0.3 is 9.80 Å². The number of hydrogen-bond acceptors (Lipinski definition) is 2. The number of carbonyl (C=O) groups excluding carboxylic acids is 1. The SMILES string of the molecule is Cc1cccc(C(=O)N2CCN(c3cccc(Cl)c3Cl)CC2)c1. The standard InChI is InChI=1S/C18H18Cl2N2O/c1-13-4-2-5-14(12-13)18(23)22-10-8-21(9-11-22)16-7-3-6-15(19)17(16)20/h2-7,12H,8-11H2,1H3. The van der Waals surface area contributed by atoms with E-state index < -0.39 is 0 Å². The minimum atomic E-state index is 0.0885. The molecule has 1 amide bonds. The number of benzene rings is 2. The van der Waals surface area contributed by atoms with Crippen LogP contribution < -0.4 is 4.90 Å². The van der Waals surface area contributed by atoms with E-state index in [0.29, 0.717) is 23.1 Å². The van der Waals surface area contributed by atoms with Crippen molar-refractivity contribution >= 4 is 34.8 Å². The molecule has 0 N–H and O–H groups in total. The van der Waals surface area contributed by atoms with Crippen molar-refractivity contribution in [2.45, 2.75) is 6.92 Å². The third-order valence-corrected chi connectivity index (χ3v) is 4.91. The van der Waals surface area contributed by atoms with Crippen molar-refractivity contribution < 1.29 is 4.79 Å². The Morgan fingerprint density at radius 2 is 1.70 bits per heavy atom. The van der Waals surface area contributed by atoms with Gasteiger partial charge in [0.15, 0.2) is 0 Å². The lowest BCUT2D eigenvalue weighted by molar-refractivity contribution is 0.0746. The maximum absolute atomic E-state index is 12.6. The van der Waals surface area contributed by atoms with Crippen LogP contribution >= 0.6 is 23.2 Å². The van der Waals surface area contributed by atoms with Crippen LogP contribution in [-0.2, 0) is 0 Å². The molecule has 23 heavy (non-hydrogen) atoms. The van der Waals surface area contributed by atoms with Gasteiger partial charge in [-0.25, -0.2) is 0 Å². The maximum atomic E-state index is 12.6. The lowest BCUT2D eigenvalue weighted by Gasteiger charge is -2.36. The predicted octanol–water partition coefficient (Wildman–Crippen LogP) is 4.26. The van der Waals surface area contributed by atoms with Crippen molar-refractivity contribution in [2.24, 2.45) is 0 Å². The van der Waals surface area contributed by atoms with Crippen LogP contribution in [0.4, 0.5) is 5.69 Å². The van der Waals surface area contributed by atoms with Gasteiger partial charge in [-0.15, -0.1) is 0 Å². The van der Waals surface area contributed by atoms with Crippen LogP contribution in [-0.4, -0.2) is 37.0 Å². The first-order valence-electron chi connectivity index (χ1n) is 7.61. The van der Waals surface area contributed by atoms with Crippen molar-refractivity contribution in [3.8, 4) is 0 Å². The highest BCUT2D eigenvalue weighted by atomic mass is 35.5. The molecule has 2 aromatic rings. The molecule has 3 rings (SSSR count). The summed E-state index contributed by atoms with van der Waals surface area (Å²) < 4.78 is 0. The smallest absolute Gasteiger partial charge is 0.253 e. The van der Waals surface area contributed by atoms with E-state index in [-0.39, 0.29) is 5.91 Å². The predicted molar refractivity (Wildman–Crippen MR) is 95.8 cm³/mol. The monoisotopic (exact) mass is 348 g/mol. The Bertz CT molecular complexity index is 725. The molecule has 2 aromatic carbocycles. The Morgan fingerprint density at radius 1 is 1.00 bits per heavy atom. The molecular formula is C18H18Cl2N2O. The van der Waals surface area contributed by atoms with Gasteiger partial charge in [-0.05, 0) is 31.2 Å². The largest absolute Gasteiger partial charge is 0.367 e. The van der Waals surface area contributed by atoms with Gasteiger partial charge in [0, 0.05) is 31.7 Å². The van der Waals surface area contributed by atoms with Crippen LogP contribution in [0.5, 0.6) is 0 Å². The number of nitrogens with zero attached hydrogens (tertiary/aromatic N) is 2. The van der Waals surface area contributed by atoms with Gasteiger partial charge >= 0.3 is 0 Å². The van der Waals surface area contributed by atoms with Gasteiger partial charge in [-0.3, -0.25) is 4.79 Å².